The molecule has 132 valence electrons. The Balaban J connectivity index is 1.75. The first kappa shape index (κ1) is 16.9. The summed E-state index contributed by atoms with van der Waals surface area (Å²) >= 11 is 0. The number of nitrogens with one attached hydrogen (secondary N) is 1. The van der Waals surface area contributed by atoms with Gasteiger partial charge in [0.1, 0.15) is 17.7 Å². The van der Waals surface area contributed by atoms with Crippen LogP contribution < -0.4 is 5.32 Å². The molecule has 0 saturated carbocycles. The van der Waals surface area contributed by atoms with Crippen LogP contribution in [0.5, 0.6) is 0 Å². The summed E-state index contributed by atoms with van der Waals surface area (Å²) in [4.78, 5) is 29.6. The molecule has 1 aliphatic heterocycles. The van der Waals surface area contributed by atoms with Gasteiger partial charge in [0, 0.05) is 24.6 Å². The Morgan fingerprint density at radius 3 is 2.84 bits per heavy atom. The summed E-state index contributed by atoms with van der Waals surface area (Å²) in [5, 5.41) is 2.67. The molecule has 0 radical (unpaired) electrons. The van der Waals surface area contributed by atoms with Crippen molar-refractivity contribution in [2.75, 3.05) is 19.0 Å². The maximum atomic E-state index is 14.4. The standard InChI is InChI=1S/C17H19FN4O3/c1-11-19-7-9-21(11)14-6-5-12(10-13(14)18)20-16(23)15-4-3-8-22(15)17(24)25-2/h5-7,9-10,15H,3-4,8H2,1-2H3,(H,20,23)/t15-/m0/s1. The van der Waals surface area contributed by atoms with Crippen molar-refractivity contribution < 1.29 is 18.7 Å². The minimum atomic E-state index is -0.605. The van der Waals surface area contributed by atoms with E-state index in [1.165, 1.54) is 18.1 Å². The molecule has 1 saturated heterocycles. The van der Waals surface area contributed by atoms with Gasteiger partial charge in [-0.2, -0.15) is 0 Å². The summed E-state index contributed by atoms with van der Waals surface area (Å²) in [6.45, 7) is 2.24. The van der Waals surface area contributed by atoms with Crippen LogP contribution in [0.3, 0.4) is 0 Å². The van der Waals surface area contributed by atoms with Crippen LogP contribution in [0.4, 0.5) is 14.9 Å². The molecule has 3 rings (SSSR count). The Labute approximate surface area is 144 Å². The molecule has 2 aromatic rings. The van der Waals surface area contributed by atoms with Crippen LogP contribution in [0.15, 0.2) is 30.6 Å². The SMILES string of the molecule is COC(=O)N1CCC[C@H]1C(=O)Nc1ccc(-n2ccnc2C)c(F)c1. The number of aryl methyl sites for hydroxylation is 1. The van der Waals surface area contributed by atoms with E-state index in [9.17, 15) is 14.0 Å². The van der Waals surface area contributed by atoms with Gasteiger partial charge in [-0.1, -0.05) is 0 Å². The van der Waals surface area contributed by atoms with Gasteiger partial charge in [0.2, 0.25) is 5.91 Å². The minimum absolute atomic E-state index is 0.334. The molecule has 2 amide bonds. The first-order chi connectivity index (χ1) is 12.0. The number of rotatable bonds is 3. The van der Waals surface area contributed by atoms with E-state index in [1.54, 1.807) is 36.0 Å². The predicted molar refractivity (Wildman–Crippen MR) is 89.0 cm³/mol. The zero-order chi connectivity index (χ0) is 18.0. The fraction of sp³-hybridized carbons (Fsp3) is 0.353. The third-order valence-electron chi connectivity index (χ3n) is 4.27. The number of carbonyl (C=O) groups is 2. The van der Waals surface area contributed by atoms with Gasteiger partial charge in [0.25, 0.3) is 0 Å². The molecular weight excluding hydrogens is 327 g/mol. The van der Waals surface area contributed by atoms with Crippen molar-refractivity contribution in [3.63, 3.8) is 0 Å². The maximum absolute atomic E-state index is 14.4. The molecule has 2 heterocycles. The molecule has 0 aliphatic carbocycles. The van der Waals surface area contributed by atoms with Crippen molar-refractivity contribution in [2.45, 2.75) is 25.8 Å². The highest BCUT2D eigenvalue weighted by Crippen LogP contribution is 2.22. The number of nitrogens with zero attached hydrogens (tertiary/aromatic N) is 3. The number of amides is 2. The topological polar surface area (TPSA) is 76.5 Å². The van der Waals surface area contributed by atoms with Gasteiger partial charge in [0.05, 0.1) is 12.8 Å². The lowest BCUT2D eigenvalue weighted by molar-refractivity contribution is -0.119. The Morgan fingerprint density at radius 1 is 1.40 bits per heavy atom. The molecule has 7 nitrogen and oxygen atoms in total. The summed E-state index contributed by atoms with van der Waals surface area (Å²) < 4.78 is 20.7. The molecule has 8 heteroatoms. The van der Waals surface area contributed by atoms with E-state index in [1.807, 2.05) is 0 Å². The summed E-state index contributed by atoms with van der Waals surface area (Å²) in [7, 11) is 1.28. The number of methoxy groups -OCH3 is 1. The van der Waals surface area contributed by atoms with E-state index in [0.29, 0.717) is 30.2 Å². The molecule has 0 unspecified atom stereocenters. The van der Waals surface area contributed by atoms with Crippen LogP contribution in [0, 0.1) is 12.7 Å². The van der Waals surface area contributed by atoms with E-state index in [0.717, 1.165) is 6.42 Å². The average Bonchev–Trinajstić information content (AvgIpc) is 3.23. The molecule has 1 N–H and O–H groups in total. The third kappa shape index (κ3) is 3.33. The number of hydrogen-bond donors (Lipinski definition) is 1. The van der Waals surface area contributed by atoms with E-state index in [-0.39, 0.29) is 5.91 Å². The van der Waals surface area contributed by atoms with Crippen molar-refractivity contribution in [1.29, 1.82) is 0 Å². The van der Waals surface area contributed by atoms with Gasteiger partial charge >= 0.3 is 6.09 Å². The highest BCUT2D eigenvalue weighted by Gasteiger charge is 2.34. The van der Waals surface area contributed by atoms with Gasteiger partial charge in [-0.05, 0) is 38.0 Å². The zero-order valence-corrected chi connectivity index (χ0v) is 14.0. The minimum Gasteiger partial charge on any atom is -0.453 e. The molecular formula is C17H19FN4O3. The van der Waals surface area contributed by atoms with Crippen molar-refractivity contribution in [1.82, 2.24) is 14.5 Å². The van der Waals surface area contributed by atoms with Crippen LogP contribution in [0.2, 0.25) is 0 Å². The molecule has 1 aromatic heterocycles. The quantitative estimate of drug-likeness (QED) is 0.926. The Bertz CT molecular complexity index is 805. The van der Waals surface area contributed by atoms with Gasteiger partial charge in [0.15, 0.2) is 0 Å². The zero-order valence-electron chi connectivity index (χ0n) is 14.0. The van der Waals surface area contributed by atoms with Crippen LogP contribution in [0.1, 0.15) is 18.7 Å². The molecule has 1 aromatic carbocycles. The highest BCUT2D eigenvalue weighted by atomic mass is 19.1. The molecule has 0 spiro atoms. The van der Waals surface area contributed by atoms with E-state index in [4.69, 9.17) is 4.74 Å². The monoisotopic (exact) mass is 346 g/mol. The predicted octanol–water partition coefficient (Wildman–Crippen LogP) is 2.49. The molecule has 0 bridgehead atoms. The molecule has 1 atom stereocenters. The van der Waals surface area contributed by atoms with Gasteiger partial charge in [-0.25, -0.2) is 14.2 Å². The summed E-state index contributed by atoms with van der Waals surface area (Å²) in [6, 6.07) is 3.84. The number of carbonyl (C=O) groups excluding carboxylic acids is 2. The van der Waals surface area contributed by atoms with Gasteiger partial charge in [-0.15, -0.1) is 0 Å². The first-order valence-electron chi connectivity index (χ1n) is 7.96. The molecule has 25 heavy (non-hydrogen) atoms. The smallest absolute Gasteiger partial charge is 0.410 e. The highest BCUT2D eigenvalue weighted by molar-refractivity contribution is 5.96. The summed E-state index contributed by atoms with van der Waals surface area (Å²) in [6.07, 6.45) is 4.00. The number of aromatic nitrogens is 2. The molecule has 1 aliphatic rings. The number of anilines is 1. The van der Waals surface area contributed by atoms with Crippen molar-refractivity contribution >= 4 is 17.7 Å². The Kier molecular flexibility index (Phi) is 4.69. The maximum Gasteiger partial charge on any atom is 0.410 e. The molecule has 1 fully saturated rings. The summed E-state index contributed by atoms with van der Waals surface area (Å²) in [5.74, 6) is -0.167. The second kappa shape index (κ2) is 6.92. The first-order valence-corrected chi connectivity index (χ1v) is 7.96. The van der Waals surface area contributed by atoms with E-state index >= 15 is 0 Å². The normalized spacial score (nSPS) is 16.8. The number of benzene rings is 1. The lowest BCUT2D eigenvalue weighted by Gasteiger charge is -2.22. The van der Waals surface area contributed by atoms with Crippen LogP contribution in [0.25, 0.3) is 5.69 Å². The number of imidazole rings is 1. The Morgan fingerprint density at radius 2 is 2.20 bits per heavy atom. The largest absolute Gasteiger partial charge is 0.453 e. The number of likely N-dealkylation sites (tertiary alicyclic amines) is 1. The van der Waals surface area contributed by atoms with E-state index < -0.39 is 18.0 Å². The lowest BCUT2D eigenvalue weighted by atomic mass is 10.2. The average molecular weight is 346 g/mol. The van der Waals surface area contributed by atoms with Gasteiger partial charge < -0.3 is 14.6 Å². The second-order valence-corrected chi connectivity index (χ2v) is 5.82. The van der Waals surface area contributed by atoms with Gasteiger partial charge in [-0.3, -0.25) is 9.69 Å². The van der Waals surface area contributed by atoms with Crippen LogP contribution in [-0.4, -0.2) is 46.1 Å². The Hall–Kier alpha value is -2.90. The van der Waals surface area contributed by atoms with Crippen molar-refractivity contribution in [2.24, 2.45) is 0 Å². The third-order valence-corrected chi connectivity index (χ3v) is 4.27. The fourth-order valence-electron chi connectivity index (χ4n) is 3.01. The van der Waals surface area contributed by atoms with E-state index in [2.05, 4.69) is 10.3 Å². The van der Waals surface area contributed by atoms with Crippen molar-refractivity contribution in [3.05, 3.63) is 42.2 Å². The fourth-order valence-corrected chi connectivity index (χ4v) is 3.01. The van der Waals surface area contributed by atoms with Crippen molar-refractivity contribution in [3.8, 4) is 5.69 Å². The van der Waals surface area contributed by atoms with Crippen LogP contribution in [-0.2, 0) is 9.53 Å². The number of ether oxygens (including phenoxy) is 1. The summed E-state index contributed by atoms with van der Waals surface area (Å²) in [5.41, 5.74) is 0.686. The number of hydrogen-bond acceptors (Lipinski definition) is 4. The van der Waals surface area contributed by atoms with Crippen LogP contribution >= 0.6 is 0 Å². The number of halogens is 1. The lowest BCUT2D eigenvalue weighted by Crippen LogP contribution is -2.43. The second-order valence-electron chi connectivity index (χ2n) is 5.82.